The van der Waals surface area contributed by atoms with Crippen molar-refractivity contribution in [3.8, 4) is 11.5 Å². The molecule has 0 aromatic heterocycles. The Morgan fingerprint density at radius 2 is 1.83 bits per heavy atom. The first-order chi connectivity index (χ1) is 14.2. The van der Waals surface area contributed by atoms with Gasteiger partial charge in [0.1, 0.15) is 19.3 Å². The molecule has 29 heavy (non-hydrogen) atoms. The van der Waals surface area contributed by atoms with Crippen molar-refractivity contribution in [2.75, 3.05) is 32.8 Å². The van der Waals surface area contributed by atoms with Gasteiger partial charge in [-0.3, -0.25) is 4.79 Å². The molecule has 2 atom stereocenters. The fraction of sp³-hybridized carbons (Fsp3) is 0.696. The van der Waals surface area contributed by atoms with E-state index in [2.05, 4.69) is 17.1 Å². The lowest BCUT2D eigenvalue weighted by Gasteiger charge is -2.29. The molecule has 1 saturated heterocycles. The van der Waals surface area contributed by atoms with Crippen LogP contribution in [-0.2, 0) is 4.79 Å². The summed E-state index contributed by atoms with van der Waals surface area (Å²) >= 11 is 0. The number of carbonyl (C=O) groups is 1. The second-order valence-corrected chi connectivity index (χ2v) is 8.19. The zero-order valence-electron chi connectivity index (χ0n) is 17.7. The Morgan fingerprint density at radius 1 is 1.10 bits per heavy atom. The minimum Gasteiger partial charge on any atom is -0.486 e. The third-order valence-corrected chi connectivity index (χ3v) is 5.80. The Kier molecular flexibility index (Phi) is 8.62. The number of aliphatic hydroxyl groups is 1. The zero-order chi connectivity index (χ0) is 20.5. The fourth-order valence-corrected chi connectivity index (χ4v) is 4.11. The SMILES string of the molecule is CCCCCCCC(=O)N[C@@H](CN1CCCC1)C(O)c1ccc2c(c1)OCCO2. The summed E-state index contributed by atoms with van der Waals surface area (Å²) in [5, 5.41) is 14.2. The van der Waals surface area contributed by atoms with Crippen LogP contribution in [0.15, 0.2) is 18.2 Å². The molecule has 1 unspecified atom stereocenters. The van der Waals surface area contributed by atoms with Gasteiger partial charge in [-0.05, 0) is 50.0 Å². The summed E-state index contributed by atoms with van der Waals surface area (Å²) in [6.07, 6.45) is 7.69. The Labute approximate surface area is 174 Å². The number of rotatable bonds is 11. The Bertz CT molecular complexity index is 646. The Balaban J connectivity index is 1.61. The molecule has 0 aliphatic carbocycles. The predicted molar refractivity (Wildman–Crippen MR) is 113 cm³/mol. The molecule has 1 fully saturated rings. The molecule has 6 nitrogen and oxygen atoms in total. The van der Waals surface area contributed by atoms with Gasteiger partial charge in [0.15, 0.2) is 11.5 Å². The number of likely N-dealkylation sites (tertiary alicyclic amines) is 1. The van der Waals surface area contributed by atoms with E-state index in [9.17, 15) is 9.90 Å². The monoisotopic (exact) mass is 404 g/mol. The van der Waals surface area contributed by atoms with E-state index in [0.717, 1.165) is 31.5 Å². The standard InChI is InChI=1S/C23H36N2O4/c1-2-3-4-5-6-9-22(26)24-19(17-25-12-7-8-13-25)23(27)18-10-11-20-21(16-18)29-15-14-28-20/h10-11,16,19,23,27H,2-9,12-15,17H2,1H3,(H,24,26)/t19-,23?/m0/s1. The summed E-state index contributed by atoms with van der Waals surface area (Å²) in [6.45, 7) is 5.96. The molecular formula is C23H36N2O4. The van der Waals surface area contributed by atoms with E-state index in [1.165, 1.54) is 32.1 Å². The van der Waals surface area contributed by atoms with Crippen molar-refractivity contribution in [2.45, 2.75) is 70.4 Å². The quantitative estimate of drug-likeness (QED) is 0.553. The molecule has 2 aliphatic rings. The van der Waals surface area contributed by atoms with Crippen molar-refractivity contribution in [3.05, 3.63) is 23.8 Å². The number of unbranched alkanes of at least 4 members (excludes halogenated alkanes) is 4. The number of ether oxygens (including phenoxy) is 2. The van der Waals surface area contributed by atoms with Crippen molar-refractivity contribution in [1.29, 1.82) is 0 Å². The second-order valence-electron chi connectivity index (χ2n) is 8.19. The van der Waals surface area contributed by atoms with Crippen molar-refractivity contribution in [2.24, 2.45) is 0 Å². The van der Waals surface area contributed by atoms with Gasteiger partial charge in [-0.2, -0.15) is 0 Å². The molecule has 1 aromatic carbocycles. The van der Waals surface area contributed by atoms with Crippen LogP contribution < -0.4 is 14.8 Å². The molecule has 162 valence electrons. The van der Waals surface area contributed by atoms with Crippen LogP contribution >= 0.6 is 0 Å². The maximum atomic E-state index is 12.5. The molecule has 3 rings (SSSR count). The van der Waals surface area contributed by atoms with Gasteiger partial charge in [0, 0.05) is 13.0 Å². The van der Waals surface area contributed by atoms with Crippen LogP contribution in [0.5, 0.6) is 11.5 Å². The molecule has 2 N–H and O–H groups in total. The number of carbonyl (C=O) groups excluding carboxylic acids is 1. The van der Waals surface area contributed by atoms with Gasteiger partial charge in [-0.15, -0.1) is 0 Å². The normalized spacial score (nSPS) is 18.4. The van der Waals surface area contributed by atoms with Gasteiger partial charge in [0.2, 0.25) is 5.91 Å². The van der Waals surface area contributed by atoms with Gasteiger partial charge in [-0.1, -0.05) is 38.7 Å². The number of amides is 1. The minimum absolute atomic E-state index is 0.0299. The lowest BCUT2D eigenvalue weighted by molar-refractivity contribution is -0.123. The van der Waals surface area contributed by atoms with Gasteiger partial charge in [0.05, 0.1) is 6.04 Å². The number of fused-ring (bicyclic) bond motifs is 1. The Morgan fingerprint density at radius 3 is 2.59 bits per heavy atom. The molecule has 0 saturated carbocycles. The van der Waals surface area contributed by atoms with Crippen LogP contribution in [0.4, 0.5) is 0 Å². The highest BCUT2D eigenvalue weighted by molar-refractivity contribution is 5.76. The second kappa shape index (κ2) is 11.4. The summed E-state index contributed by atoms with van der Waals surface area (Å²) in [7, 11) is 0. The zero-order valence-corrected chi connectivity index (χ0v) is 17.7. The van der Waals surface area contributed by atoms with Crippen molar-refractivity contribution < 1.29 is 19.4 Å². The van der Waals surface area contributed by atoms with Crippen LogP contribution in [0, 0.1) is 0 Å². The first-order valence-corrected chi connectivity index (χ1v) is 11.3. The number of hydrogen-bond donors (Lipinski definition) is 2. The highest BCUT2D eigenvalue weighted by Crippen LogP contribution is 2.33. The number of hydrogen-bond acceptors (Lipinski definition) is 5. The van der Waals surface area contributed by atoms with E-state index < -0.39 is 6.10 Å². The molecule has 6 heteroatoms. The summed E-state index contributed by atoms with van der Waals surface area (Å²) in [5.41, 5.74) is 0.752. The average Bonchev–Trinajstić information content (AvgIpc) is 3.25. The van der Waals surface area contributed by atoms with E-state index in [4.69, 9.17) is 9.47 Å². The number of aliphatic hydroxyl groups excluding tert-OH is 1. The summed E-state index contributed by atoms with van der Waals surface area (Å²) < 4.78 is 11.2. The lowest BCUT2D eigenvalue weighted by atomic mass is 10.0. The van der Waals surface area contributed by atoms with Crippen LogP contribution in [0.1, 0.15) is 70.0 Å². The molecule has 2 aliphatic heterocycles. The molecule has 0 spiro atoms. The van der Waals surface area contributed by atoms with E-state index in [1.807, 2.05) is 18.2 Å². The summed E-state index contributed by atoms with van der Waals surface area (Å²) in [4.78, 5) is 14.9. The van der Waals surface area contributed by atoms with Crippen LogP contribution in [-0.4, -0.2) is 54.8 Å². The maximum absolute atomic E-state index is 12.5. The summed E-state index contributed by atoms with van der Waals surface area (Å²) in [5.74, 6) is 1.40. The predicted octanol–water partition coefficient (Wildman–Crippen LogP) is 3.43. The van der Waals surface area contributed by atoms with Crippen LogP contribution in [0.2, 0.25) is 0 Å². The average molecular weight is 405 g/mol. The molecule has 0 bridgehead atoms. The van der Waals surface area contributed by atoms with Gasteiger partial charge in [0.25, 0.3) is 0 Å². The van der Waals surface area contributed by atoms with Crippen molar-refractivity contribution in [3.63, 3.8) is 0 Å². The fourth-order valence-electron chi connectivity index (χ4n) is 4.11. The molecular weight excluding hydrogens is 368 g/mol. The van der Waals surface area contributed by atoms with Crippen LogP contribution in [0.25, 0.3) is 0 Å². The van der Waals surface area contributed by atoms with Crippen LogP contribution in [0.3, 0.4) is 0 Å². The minimum atomic E-state index is -0.782. The maximum Gasteiger partial charge on any atom is 0.220 e. The first-order valence-electron chi connectivity index (χ1n) is 11.3. The molecule has 0 radical (unpaired) electrons. The lowest BCUT2D eigenvalue weighted by Crippen LogP contribution is -2.46. The number of nitrogens with one attached hydrogen (secondary N) is 1. The van der Waals surface area contributed by atoms with E-state index >= 15 is 0 Å². The number of benzene rings is 1. The molecule has 1 amide bonds. The van der Waals surface area contributed by atoms with Gasteiger partial charge in [-0.25, -0.2) is 0 Å². The van der Waals surface area contributed by atoms with Gasteiger partial charge >= 0.3 is 0 Å². The van der Waals surface area contributed by atoms with Gasteiger partial charge < -0.3 is 24.8 Å². The largest absolute Gasteiger partial charge is 0.486 e. The first kappa shape index (κ1) is 21.9. The molecule has 2 heterocycles. The third-order valence-electron chi connectivity index (χ3n) is 5.80. The van der Waals surface area contributed by atoms with E-state index in [1.54, 1.807) is 0 Å². The number of nitrogens with zero attached hydrogens (tertiary/aromatic N) is 1. The topological polar surface area (TPSA) is 71.0 Å². The summed E-state index contributed by atoms with van der Waals surface area (Å²) in [6, 6.07) is 5.22. The molecule has 1 aromatic rings. The van der Waals surface area contributed by atoms with Crippen molar-refractivity contribution in [1.82, 2.24) is 10.2 Å². The third kappa shape index (κ3) is 6.61. The Hall–Kier alpha value is -1.79. The highest BCUT2D eigenvalue weighted by atomic mass is 16.6. The smallest absolute Gasteiger partial charge is 0.220 e. The highest BCUT2D eigenvalue weighted by Gasteiger charge is 2.27. The van der Waals surface area contributed by atoms with E-state index in [0.29, 0.717) is 37.7 Å². The van der Waals surface area contributed by atoms with Crippen molar-refractivity contribution >= 4 is 5.91 Å². The van der Waals surface area contributed by atoms with E-state index in [-0.39, 0.29) is 11.9 Å².